The molecule has 3 heteroatoms. The molecule has 0 radical (unpaired) electrons. The molecule has 0 heterocycles. The van der Waals surface area contributed by atoms with Gasteiger partial charge in [-0.05, 0) is 33.0 Å². The molecule has 0 aromatic carbocycles. The van der Waals surface area contributed by atoms with Gasteiger partial charge in [-0.2, -0.15) is 0 Å². The van der Waals surface area contributed by atoms with Gasteiger partial charge < -0.3 is 9.80 Å². The highest BCUT2D eigenvalue weighted by molar-refractivity contribution is 5.89. The van der Waals surface area contributed by atoms with E-state index in [0.717, 1.165) is 32.7 Å². The van der Waals surface area contributed by atoms with Crippen LogP contribution in [0.25, 0.3) is 0 Å². The first-order chi connectivity index (χ1) is 7.67. The second-order valence-corrected chi connectivity index (χ2v) is 3.78. The fourth-order valence-corrected chi connectivity index (χ4v) is 1.51. The van der Waals surface area contributed by atoms with Crippen molar-refractivity contribution < 1.29 is 4.79 Å². The molecule has 0 aromatic heterocycles. The summed E-state index contributed by atoms with van der Waals surface area (Å²) in [5.74, 6) is 0.221. The monoisotopic (exact) mass is 226 g/mol. The summed E-state index contributed by atoms with van der Waals surface area (Å²) in [5.41, 5.74) is 0. The number of hydrogen-bond acceptors (Lipinski definition) is 3. The molecule has 3 nitrogen and oxygen atoms in total. The highest BCUT2D eigenvalue weighted by Crippen LogP contribution is 1.95. The van der Waals surface area contributed by atoms with Crippen LogP contribution in [0.15, 0.2) is 12.3 Å². The summed E-state index contributed by atoms with van der Waals surface area (Å²) >= 11 is 0. The average molecular weight is 226 g/mol. The van der Waals surface area contributed by atoms with Crippen LogP contribution in [0.2, 0.25) is 0 Å². The third kappa shape index (κ3) is 6.62. The van der Waals surface area contributed by atoms with Gasteiger partial charge in [-0.1, -0.05) is 13.8 Å². The van der Waals surface area contributed by atoms with Gasteiger partial charge in [-0.25, -0.2) is 0 Å². The molecule has 0 aliphatic rings. The molecule has 94 valence electrons. The topological polar surface area (TPSA) is 23.6 Å². The summed E-state index contributed by atoms with van der Waals surface area (Å²) in [6.45, 7) is 13.2. The molecule has 0 rings (SSSR count). The number of ketones is 1. The molecule has 0 atom stereocenters. The van der Waals surface area contributed by atoms with Crippen molar-refractivity contribution in [1.82, 2.24) is 9.80 Å². The lowest BCUT2D eigenvalue weighted by Gasteiger charge is -2.17. The minimum atomic E-state index is 0.221. The van der Waals surface area contributed by atoms with Crippen LogP contribution < -0.4 is 0 Å². The zero-order chi connectivity index (χ0) is 12.4. The fourth-order valence-electron chi connectivity index (χ4n) is 1.51. The van der Waals surface area contributed by atoms with Crippen molar-refractivity contribution in [1.29, 1.82) is 0 Å². The van der Waals surface area contributed by atoms with Crippen molar-refractivity contribution in [2.75, 3.05) is 32.7 Å². The molecule has 16 heavy (non-hydrogen) atoms. The molecule has 0 saturated heterocycles. The number of hydrogen-bond donors (Lipinski definition) is 0. The number of nitrogens with zero attached hydrogens (tertiary/aromatic N) is 2. The van der Waals surface area contributed by atoms with Gasteiger partial charge in [0, 0.05) is 32.3 Å². The van der Waals surface area contributed by atoms with Gasteiger partial charge in [0.1, 0.15) is 0 Å². The van der Waals surface area contributed by atoms with Gasteiger partial charge in [0.05, 0.1) is 0 Å². The zero-order valence-electron chi connectivity index (χ0n) is 11.2. The molecule has 0 fully saturated rings. The number of rotatable bonds is 9. The van der Waals surface area contributed by atoms with Gasteiger partial charge in [0.25, 0.3) is 0 Å². The maximum absolute atomic E-state index is 11.6. The first kappa shape index (κ1) is 15.2. The van der Waals surface area contributed by atoms with Gasteiger partial charge in [-0.15, -0.1) is 0 Å². The Bertz CT molecular complexity index is 206. The van der Waals surface area contributed by atoms with E-state index in [9.17, 15) is 4.79 Å². The highest BCUT2D eigenvalue weighted by Gasteiger charge is 2.02. The quantitative estimate of drug-likeness (QED) is 0.563. The van der Waals surface area contributed by atoms with Crippen LogP contribution in [-0.2, 0) is 4.79 Å². The predicted molar refractivity (Wildman–Crippen MR) is 69.5 cm³/mol. The van der Waals surface area contributed by atoms with E-state index in [0.29, 0.717) is 6.42 Å². The molecule has 0 spiro atoms. The van der Waals surface area contributed by atoms with E-state index in [1.807, 2.05) is 6.20 Å². The third-order valence-corrected chi connectivity index (χ3v) is 2.85. The van der Waals surface area contributed by atoms with Crippen molar-refractivity contribution in [3.63, 3.8) is 0 Å². The Morgan fingerprint density at radius 3 is 2.00 bits per heavy atom. The highest BCUT2D eigenvalue weighted by atomic mass is 16.1. The normalized spacial score (nSPS) is 11.3. The van der Waals surface area contributed by atoms with Crippen molar-refractivity contribution in [3.05, 3.63) is 12.3 Å². The van der Waals surface area contributed by atoms with Crippen LogP contribution in [0.5, 0.6) is 0 Å². The maximum atomic E-state index is 11.6. The molecule has 0 aliphatic carbocycles. The SMILES string of the molecule is CCN(/C=C/C(=O)CCN(CC)CC)CC. The van der Waals surface area contributed by atoms with Crippen LogP contribution in [0, 0.1) is 0 Å². The molecule has 0 bridgehead atoms. The number of allylic oxidation sites excluding steroid dienone is 1. The van der Waals surface area contributed by atoms with Crippen LogP contribution in [0.1, 0.15) is 34.1 Å². The van der Waals surface area contributed by atoms with Crippen molar-refractivity contribution in [2.24, 2.45) is 0 Å². The molecule has 0 aliphatic heterocycles. The van der Waals surface area contributed by atoms with E-state index in [2.05, 4.69) is 37.5 Å². The second-order valence-electron chi connectivity index (χ2n) is 3.78. The molecule has 0 aromatic rings. The summed E-state index contributed by atoms with van der Waals surface area (Å²) in [6, 6.07) is 0. The van der Waals surface area contributed by atoms with E-state index in [4.69, 9.17) is 0 Å². The smallest absolute Gasteiger partial charge is 0.158 e. The van der Waals surface area contributed by atoms with Gasteiger partial charge in [0.15, 0.2) is 5.78 Å². The lowest BCUT2D eigenvalue weighted by Crippen LogP contribution is -2.25. The molecule has 0 unspecified atom stereocenters. The summed E-state index contributed by atoms with van der Waals surface area (Å²) < 4.78 is 0. The molecular formula is C13H26N2O. The minimum Gasteiger partial charge on any atom is -0.378 e. The first-order valence-corrected chi connectivity index (χ1v) is 6.35. The van der Waals surface area contributed by atoms with Gasteiger partial charge in [-0.3, -0.25) is 4.79 Å². The van der Waals surface area contributed by atoms with Gasteiger partial charge in [0.2, 0.25) is 0 Å². The standard InChI is InChI=1S/C13H26N2O/c1-5-14(6-2)11-9-13(16)10-12-15(7-3)8-4/h9,11H,5-8,10,12H2,1-4H3/b11-9+. The molecular weight excluding hydrogens is 200 g/mol. The van der Waals surface area contributed by atoms with Crippen molar-refractivity contribution >= 4 is 5.78 Å². The Hall–Kier alpha value is -0.830. The fraction of sp³-hybridized carbons (Fsp3) is 0.769. The Labute approximate surface area is 100 Å². The van der Waals surface area contributed by atoms with E-state index >= 15 is 0 Å². The van der Waals surface area contributed by atoms with Gasteiger partial charge >= 0.3 is 0 Å². The molecule has 0 saturated carbocycles. The Balaban J connectivity index is 3.89. The first-order valence-electron chi connectivity index (χ1n) is 6.35. The third-order valence-electron chi connectivity index (χ3n) is 2.85. The summed E-state index contributed by atoms with van der Waals surface area (Å²) in [6.07, 6.45) is 4.24. The average Bonchev–Trinajstić information content (AvgIpc) is 2.31. The second kappa shape index (κ2) is 9.40. The van der Waals surface area contributed by atoms with Crippen LogP contribution >= 0.6 is 0 Å². The lowest BCUT2D eigenvalue weighted by molar-refractivity contribution is -0.115. The molecule has 0 N–H and O–H groups in total. The van der Waals surface area contributed by atoms with Crippen LogP contribution in [0.4, 0.5) is 0 Å². The Morgan fingerprint density at radius 1 is 1.00 bits per heavy atom. The van der Waals surface area contributed by atoms with E-state index < -0.39 is 0 Å². The summed E-state index contributed by atoms with van der Waals surface area (Å²) in [7, 11) is 0. The number of carbonyl (C=O) groups is 1. The predicted octanol–water partition coefficient (Wildman–Crippen LogP) is 2.14. The van der Waals surface area contributed by atoms with E-state index in [1.165, 1.54) is 0 Å². The Morgan fingerprint density at radius 2 is 1.56 bits per heavy atom. The Kier molecular flexibility index (Phi) is 8.91. The van der Waals surface area contributed by atoms with E-state index in [-0.39, 0.29) is 5.78 Å². The van der Waals surface area contributed by atoms with Crippen molar-refractivity contribution in [3.8, 4) is 0 Å². The maximum Gasteiger partial charge on any atom is 0.158 e. The summed E-state index contributed by atoms with van der Waals surface area (Å²) in [4.78, 5) is 16.0. The lowest BCUT2D eigenvalue weighted by atomic mass is 10.2. The van der Waals surface area contributed by atoms with Crippen LogP contribution in [0.3, 0.4) is 0 Å². The van der Waals surface area contributed by atoms with Crippen molar-refractivity contribution in [2.45, 2.75) is 34.1 Å². The summed E-state index contributed by atoms with van der Waals surface area (Å²) in [5, 5.41) is 0. The largest absolute Gasteiger partial charge is 0.378 e. The van der Waals surface area contributed by atoms with Crippen LogP contribution in [-0.4, -0.2) is 48.3 Å². The number of carbonyl (C=O) groups excluding carboxylic acids is 1. The zero-order valence-corrected chi connectivity index (χ0v) is 11.2. The minimum absolute atomic E-state index is 0.221. The van der Waals surface area contributed by atoms with E-state index in [1.54, 1.807) is 6.08 Å². The molecule has 0 amide bonds.